The molecule has 0 aromatic rings. The Morgan fingerprint density at radius 3 is 2.50 bits per heavy atom. The molecule has 0 aromatic heterocycles. The minimum atomic E-state index is 0.154. The number of hydrogen-bond donors (Lipinski definition) is 1. The molecular formula is C16H28N4O2. The Morgan fingerprint density at radius 1 is 1.14 bits per heavy atom. The number of carbonyl (C=O) groups excluding carboxylic acids is 1. The van der Waals surface area contributed by atoms with Crippen molar-refractivity contribution in [2.75, 3.05) is 59.0 Å². The molecule has 1 amide bonds. The maximum absolute atomic E-state index is 12.2. The Balaban J connectivity index is 1.53. The van der Waals surface area contributed by atoms with Crippen LogP contribution in [0, 0.1) is 17.2 Å². The molecule has 2 saturated heterocycles. The summed E-state index contributed by atoms with van der Waals surface area (Å²) in [6, 6.07) is 2.18. The van der Waals surface area contributed by atoms with Gasteiger partial charge >= 0.3 is 0 Å². The number of piperidine rings is 1. The summed E-state index contributed by atoms with van der Waals surface area (Å²) in [5.41, 5.74) is 0. The van der Waals surface area contributed by atoms with Crippen LogP contribution in [-0.4, -0.2) is 74.7 Å². The zero-order chi connectivity index (χ0) is 15.6. The molecule has 0 saturated carbocycles. The number of morpholine rings is 1. The predicted molar refractivity (Wildman–Crippen MR) is 84.3 cm³/mol. The smallest absolute Gasteiger partial charge is 0.223 e. The molecule has 6 heteroatoms. The number of likely N-dealkylation sites (tertiary alicyclic amines) is 1. The molecule has 0 aromatic carbocycles. The minimum absolute atomic E-state index is 0.154. The lowest BCUT2D eigenvalue weighted by Gasteiger charge is -2.30. The van der Waals surface area contributed by atoms with Crippen molar-refractivity contribution in [1.82, 2.24) is 15.1 Å². The summed E-state index contributed by atoms with van der Waals surface area (Å²) in [6.07, 6.45) is 3.42. The third kappa shape index (κ3) is 5.91. The summed E-state index contributed by atoms with van der Waals surface area (Å²) < 4.78 is 5.32. The number of hydrogen-bond acceptors (Lipinski definition) is 5. The molecule has 22 heavy (non-hydrogen) atoms. The van der Waals surface area contributed by atoms with Crippen molar-refractivity contribution < 1.29 is 9.53 Å². The molecule has 0 atom stereocenters. The van der Waals surface area contributed by atoms with Crippen molar-refractivity contribution in [2.24, 2.45) is 5.92 Å². The van der Waals surface area contributed by atoms with Gasteiger partial charge in [-0.25, -0.2) is 0 Å². The molecule has 2 aliphatic heterocycles. The van der Waals surface area contributed by atoms with Crippen molar-refractivity contribution in [3.8, 4) is 6.07 Å². The van der Waals surface area contributed by atoms with E-state index in [0.717, 1.165) is 78.3 Å². The molecule has 1 N–H and O–H groups in total. The average Bonchev–Trinajstić information content (AvgIpc) is 2.58. The number of amides is 1. The van der Waals surface area contributed by atoms with Gasteiger partial charge in [-0.2, -0.15) is 5.26 Å². The Bertz CT molecular complexity index is 369. The van der Waals surface area contributed by atoms with E-state index >= 15 is 0 Å². The van der Waals surface area contributed by atoms with Crippen LogP contribution in [0.25, 0.3) is 0 Å². The van der Waals surface area contributed by atoms with Crippen LogP contribution in [-0.2, 0) is 9.53 Å². The third-order valence-electron chi connectivity index (χ3n) is 4.55. The number of nitriles is 1. The summed E-state index contributed by atoms with van der Waals surface area (Å²) in [5.74, 6) is 0.364. The monoisotopic (exact) mass is 308 g/mol. The standard InChI is InChI=1S/C16H28N4O2/c17-5-1-7-19-9-3-15(4-10-19)16(21)18-6-2-8-20-11-13-22-14-12-20/h15H,1-4,6-14H2,(H,18,21). The van der Waals surface area contributed by atoms with E-state index in [1.54, 1.807) is 0 Å². The second kappa shape index (κ2) is 9.78. The molecular weight excluding hydrogens is 280 g/mol. The predicted octanol–water partition coefficient (Wildman–Crippen LogP) is 0.451. The number of nitrogens with zero attached hydrogens (tertiary/aromatic N) is 3. The SMILES string of the molecule is N#CCCN1CCC(C(=O)NCCCN2CCOCC2)CC1. The van der Waals surface area contributed by atoms with Crippen molar-refractivity contribution >= 4 is 5.91 Å². The van der Waals surface area contributed by atoms with Crippen LogP contribution in [0.5, 0.6) is 0 Å². The summed E-state index contributed by atoms with van der Waals surface area (Å²) in [5, 5.41) is 11.7. The van der Waals surface area contributed by atoms with Gasteiger partial charge in [0.05, 0.1) is 19.3 Å². The lowest BCUT2D eigenvalue weighted by molar-refractivity contribution is -0.126. The molecule has 2 rings (SSSR count). The third-order valence-corrected chi connectivity index (χ3v) is 4.55. The first-order valence-electron chi connectivity index (χ1n) is 8.46. The van der Waals surface area contributed by atoms with Crippen LogP contribution in [0.1, 0.15) is 25.7 Å². The van der Waals surface area contributed by atoms with E-state index in [-0.39, 0.29) is 11.8 Å². The lowest BCUT2D eigenvalue weighted by atomic mass is 9.96. The maximum atomic E-state index is 12.2. The van der Waals surface area contributed by atoms with E-state index in [1.165, 1.54) is 0 Å². The number of nitrogens with one attached hydrogen (secondary N) is 1. The number of rotatable bonds is 7. The fourth-order valence-electron chi connectivity index (χ4n) is 3.11. The Hall–Kier alpha value is -1.16. The summed E-state index contributed by atoms with van der Waals surface area (Å²) in [6.45, 7) is 8.20. The van der Waals surface area contributed by atoms with Crippen molar-refractivity contribution in [1.29, 1.82) is 5.26 Å². The fraction of sp³-hybridized carbons (Fsp3) is 0.875. The highest BCUT2D eigenvalue weighted by atomic mass is 16.5. The molecule has 2 heterocycles. The molecule has 2 aliphatic rings. The first-order valence-corrected chi connectivity index (χ1v) is 8.46. The van der Waals surface area contributed by atoms with Crippen LogP contribution in [0.4, 0.5) is 0 Å². The molecule has 2 fully saturated rings. The van der Waals surface area contributed by atoms with Gasteiger partial charge < -0.3 is 15.0 Å². The van der Waals surface area contributed by atoms with Gasteiger partial charge in [0.1, 0.15) is 0 Å². The highest BCUT2D eigenvalue weighted by Gasteiger charge is 2.24. The van der Waals surface area contributed by atoms with E-state index in [1.807, 2.05) is 0 Å². The van der Waals surface area contributed by atoms with Gasteiger partial charge in [-0.15, -0.1) is 0 Å². The zero-order valence-electron chi connectivity index (χ0n) is 13.4. The van der Waals surface area contributed by atoms with Crippen molar-refractivity contribution in [3.05, 3.63) is 0 Å². The van der Waals surface area contributed by atoms with E-state index in [0.29, 0.717) is 6.42 Å². The maximum Gasteiger partial charge on any atom is 0.223 e. The normalized spacial score (nSPS) is 21.4. The van der Waals surface area contributed by atoms with E-state index < -0.39 is 0 Å². The van der Waals surface area contributed by atoms with Crippen LogP contribution in [0.3, 0.4) is 0 Å². The second-order valence-corrected chi connectivity index (χ2v) is 6.12. The topological polar surface area (TPSA) is 68.6 Å². The molecule has 0 radical (unpaired) electrons. The molecule has 124 valence electrons. The Morgan fingerprint density at radius 2 is 1.82 bits per heavy atom. The first-order chi connectivity index (χ1) is 10.8. The van der Waals surface area contributed by atoms with Crippen LogP contribution in [0.15, 0.2) is 0 Å². The van der Waals surface area contributed by atoms with E-state index in [2.05, 4.69) is 21.2 Å². The fourth-order valence-corrected chi connectivity index (χ4v) is 3.11. The summed E-state index contributed by atoms with van der Waals surface area (Å²) in [7, 11) is 0. The molecule has 0 bridgehead atoms. The summed E-state index contributed by atoms with van der Waals surface area (Å²) >= 11 is 0. The van der Waals surface area contributed by atoms with Gasteiger partial charge in [0.2, 0.25) is 5.91 Å². The highest BCUT2D eigenvalue weighted by Crippen LogP contribution is 2.17. The van der Waals surface area contributed by atoms with Crippen molar-refractivity contribution in [3.63, 3.8) is 0 Å². The average molecular weight is 308 g/mol. The van der Waals surface area contributed by atoms with E-state index in [4.69, 9.17) is 10.00 Å². The first kappa shape index (κ1) is 17.2. The molecule has 0 aliphatic carbocycles. The van der Waals surface area contributed by atoms with Gasteiger partial charge in [0.15, 0.2) is 0 Å². The molecule has 0 spiro atoms. The second-order valence-electron chi connectivity index (χ2n) is 6.12. The van der Waals surface area contributed by atoms with Crippen molar-refractivity contribution in [2.45, 2.75) is 25.7 Å². The van der Waals surface area contributed by atoms with Gasteiger partial charge in [0, 0.05) is 38.5 Å². The quantitative estimate of drug-likeness (QED) is 0.692. The van der Waals surface area contributed by atoms with Gasteiger partial charge in [-0.3, -0.25) is 9.69 Å². The summed E-state index contributed by atoms with van der Waals surface area (Å²) in [4.78, 5) is 16.8. The highest BCUT2D eigenvalue weighted by molar-refractivity contribution is 5.78. The lowest BCUT2D eigenvalue weighted by Crippen LogP contribution is -2.42. The van der Waals surface area contributed by atoms with Crippen LogP contribution >= 0.6 is 0 Å². The number of ether oxygens (including phenoxy) is 1. The largest absolute Gasteiger partial charge is 0.379 e. The Labute approximate surface area is 133 Å². The Kier molecular flexibility index (Phi) is 7.64. The van der Waals surface area contributed by atoms with Crippen LogP contribution < -0.4 is 5.32 Å². The molecule has 6 nitrogen and oxygen atoms in total. The number of carbonyl (C=O) groups is 1. The van der Waals surface area contributed by atoms with Crippen LogP contribution in [0.2, 0.25) is 0 Å². The van der Waals surface area contributed by atoms with Gasteiger partial charge in [-0.1, -0.05) is 0 Å². The van der Waals surface area contributed by atoms with Gasteiger partial charge in [0.25, 0.3) is 0 Å². The minimum Gasteiger partial charge on any atom is -0.379 e. The van der Waals surface area contributed by atoms with Gasteiger partial charge in [-0.05, 0) is 38.9 Å². The van der Waals surface area contributed by atoms with E-state index in [9.17, 15) is 4.79 Å². The zero-order valence-corrected chi connectivity index (χ0v) is 13.4. The molecule has 0 unspecified atom stereocenters.